The van der Waals surface area contributed by atoms with Gasteiger partial charge in [-0.05, 0) is 43.2 Å². The van der Waals surface area contributed by atoms with Crippen molar-refractivity contribution in [1.29, 1.82) is 0 Å². The molecule has 0 aromatic heterocycles. The Morgan fingerprint density at radius 3 is 2.53 bits per heavy atom. The second-order valence-corrected chi connectivity index (χ2v) is 6.74. The first-order valence-electron chi connectivity index (χ1n) is 10.2. The molecule has 0 fully saturated rings. The van der Waals surface area contributed by atoms with Gasteiger partial charge in [0.2, 0.25) is 5.91 Å². The fraction of sp³-hybridized carbons (Fsp3) is 0.391. The lowest BCUT2D eigenvalue weighted by Gasteiger charge is -2.13. The van der Waals surface area contributed by atoms with Crippen LogP contribution in [0.25, 0.3) is 0 Å². The van der Waals surface area contributed by atoms with Crippen LogP contribution < -0.4 is 20.7 Å². The van der Waals surface area contributed by atoms with Crippen molar-refractivity contribution < 1.29 is 14.3 Å². The number of hydrogen-bond donors (Lipinski definition) is 3. The molecule has 2 aromatic rings. The van der Waals surface area contributed by atoms with Gasteiger partial charge in [-0.1, -0.05) is 18.2 Å². The molecule has 162 valence electrons. The number of amides is 1. The third kappa shape index (κ3) is 8.96. The van der Waals surface area contributed by atoms with Gasteiger partial charge in [0.1, 0.15) is 5.75 Å². The summed E-state index contributed by atoms with van der Waals surface area (Å²) in [6.07, 6.45) is 1.66. The molecular formula is C23H32N4O3. The largest absolute Gasteiger partial charge is 0.493 e. The zero-order valence-corrected chi connectivity index (χ0v) is 18.0. The molecule has 0 aliphatic carbocycles. The Kier molecular flexibility index (Phi) is 10.2. The Labute approximate surface area is 178 Å². The Bertz CT molecular complexity index is 806. The number of methoxy groups -OCH3 is 1. The first-order valence-corrected chi connectivity index (χ1v) is 10.2. The first kappa shape index (κ1) is 23.2. The van der Waals surface area contributed by atoms with E-state index >= 15 is 0 Å². The number of carbonyl (C=O) groups is 1. The van der Waals surface area contributed by atoms with Gasteiger partial charge in [-0.25, -0.2) is 0 Å². The van der Waals surface area contributed by atoms with E-state index in [0.717, 1.165) is 48.0 Å². The summed E-state index contributed by atoms with van der Waals surface area (Å²) < 4.78 is 10.8. The lowest BCUT2D eigenvalue weighted by molar-refractivity contribution is -0.114. The Hall–Kier alpha value is -3.06. The van der Waals surface area contributed by atoms with E-state index < -0.39 is 0 Å². The number of ether oxygens (including phenoxy) is 2. The SMILES string of the molecule is CCNC(=NCCc1ccc(NC(C)=O)cc1)Nc1cccc(OCCCOC)c1. The van der Waals surface area contributed by atoms with Crippen LogP contribution in [0.2, 0.25) is 0 Å². The van der Waals surface area contributed by atoms with E-state index in [0.29, 0.717) is 19.8 Å². The van der Waals surface area contributed by atoms with Crippen LogP contribution in [0.4, 0.5) is 11.4 Å². The summed E-state index contributed by atoms with van der Waals surface area (Å²) in [7, 11) is 1.69. The predicted octanol–water partition coefficient (Wildman–Crippen LogP) is 3.68. The highest BCUT2D eigenvalue weighted by molar-refractivity contribution is 5.93. The van der Waals surface area contributed by atoms with Crippen LogP contribution in [0.1, 0.15) is 25.8 Å². The lowest BCUT2D eigenvalue weighted by atomic mass is 10.1. The van der Waals surface area contributed by atoms with E-state index in [-0.39, 0.29) is 5.91 Å². The average Bonchev–Trinajstić information content (AvgIpc) is 2.72. The molecule has 0 heterocycles. The molecule has 2 rings (SSSR count). The number of nitrogens with one attached hydrogen (secondary N) is 3. The molecule has 2 aromatic carbocycles. The van der Waals surface area contributed by atoms with E-state index in [1.807, 2.05) is 55.5 Å². The summed E-state index contributed by atoms with van der Waals surface area (Å²) in [5, 5.41) is 9.36. The number of carbonyl (C=O) groups excluding carboxylic acids is 1. The van der Waals surface area contributed by atoms with Gasteiger partial charge in [0.15, 0.2) is 5.96 Å². The maximum Gasteiger partial charge on any atom is 0.221 e. The Morgan fingerprint density at radius 1 is 1.03 bits per heavy atom. The van der Waals surface area contributed by atoms with Gasteiger partial charge in [-0.15, -0.1) is 0 Å². The van der Waals surface area contributed by atoms with Gasteiger partial charge in [-0.2, -0.15) is 0 Å². The smallest absolute Gasteiger partial charge is 0.221 e. The molecular weight excluding hydrogens is 380 g/mol. The number of aliphatic imine (C=N–C) groups is 1. The molecule has 0 saturated heterocycles. The minimum atomic E-state index is -0.0712. The molecule has 0 radical (unpaired) electrons. The highest BCUT2D eigenvalue weighted by atomic mass is 16.5. The molecule has 3 N–H and O–H groups in total. The fourth-order valence-electron chi connectivity index (χ4n) is 2.76. The minimum absolute atomic E-state index is 0.0712. The average molecular weight is 413 g/mol. The summed E-state index contributed by atoms with van der Waals surface area (Å²) in [4.78, 5) is 15.8. The van der Waals surface area contributed by atoms with Crippen molar-refractivity contribution in [2.24, 2.45) is 4.99 Å². The zero-order chi connectivity index (χ0) is 21.6. The van der Waals surface area contributed by atoms with Crippen LogP contribution in [0.5, 0.6) is 5.75 Å². The lowest BCUT2D eigenvalue weighted by Crippen LogP contribution is -2.30. The molecule has 0 bridgehead atoms. The van der Waals surface area contributed by atoms with Crippen molar-refractivity contribution in [1.82, 2.24) is 5.32 Å². The third-order valence-corrected chi connectivity index (χ3v) is 4.15. The normalized spacial score (nSPS) is 11.1. The van der Waals surface area contributed by atoms with E-state index in [2.05, 4.69) is 20.9 Å². The van der Waals surface area contributed by atoms with Crippen LogP contribution in [0.15, 0.2) is 53.5 Å². The van der Waals surface area contributed by atoms with Gasteiger partial charge >= 0.3 is 0 Å². The van der Waals surface area contributed by atoms with Crippen LogP contribution in [-0.4, -0.2) is 45.3 Å². The fourth-order valence-corrected chi connectivity index (χ4v) is 2.76. The van der Waals surface area contributed by atoms with Gasteiger partial charge < -0.3 is 25.4 Å². The standard InChI is InChI=1S/C23H32N4O3/c1-4-24-23(25-14-13-19-9-11-20(12-10-19)26-18(2)28)27-21-7-5-8-22(17-21)30-16-6-15-29-3/h5,7-12,17H,4,6,13-16H2,1-3H3,(H,26,28)(H2,24,25,27). The van der Waals surface area contributed by atoms with Gasteiger partial charge in [0.05, 0.1) is 6.61 Å². The Balaban J connectivity index is 1.90. The van der Waals surface area contributed by atoms with Crippen LogP contribution in [0, 0.1) is 0 Å². The van der Waals surface area contributed by atoms with Crippen LogP contribution in [-0.2, 0) is 16.0 Å². The van der Waals surface area contributed by atoms with Crippen molar-refractivity contribution in [2.75, 3.05) is 44.0 Å². The van der Waals surface area contributed by atoms with E-state index in [1.165, 1.54) is 6.92 Å². The second kappa shape index (κ2) is 13.2. The molecule has 0 aliphatic heterocycles. The number of guanidine groups is 1. The molecule has 0 atom stereocenters. The highest BCUT2D eigenvalue weighted by Crippen LogP contribution is 2.17. The second-order valence-electron chi connectivity index (χ2n) is 6.74. The van der Waals surface area contributed by atoms with Gasteiger partial charge in [-0.3, -0.25) is 9.79 Å². The predicted molar refractivity (Wildman–Crippen MR) is 122 cm³/mol. The van der Waals surface area contributed by atoms with Crippen molar-refractivity contribution >= 4 is 23.2 Å². The summed E-state index contributed by atoms with van der Waals surface area (Å²) in [6, 6.07) is 15.7. The summed E-state index contributed by atoms with van der Waals surface area (Å²) in [5.41, 5.74) is 2.88. The number of anilines is 2. The molecule has 30 heavy (non-hydrogen) atoms. The third-order valence-electron chi connectivity index (χ3n) is 4.15. The molecule has 1 amide bonds. The topological polar surface area (TPSA) is 84.0 Å². The number of rotatable bonds is 11. The summed E-state index contributed by atoms with van der Waals surface area (Å²) in [5.74, 6) is 1.47. The van der Waals surface area contributed by atoms with Gasteiger partial charge in [0.25, 0.3) is 0 Å². The summed E-state index contributed by atoms with van der Waals surface area (Å²) in [6.45, 7) is 6.25. The molecule has 0 unspecified atom stereocenters. The minimum Gasteiger partial charge on any atom is -0.493 e. The zero-order valence-electron chi connectivity index (χ0n) is 18.0. The highest BCUT2D eigenvalue weighted by Gasteiger charge is 2.02. The van der Waals surface area contributed by atoms with Gasteiger partial charge in [0, 0.05) is 57.6 Å². The van der Waals surface area contributed by atoms with E-state index in [9.17, 15) is 4.79 Å². The maximum atomic E-state index is 11.1. The molecule has 7 heteroatoms. The molecule has 7 nitrogen and oxygen atoms in total. The molecule has 0 spiro atoms. The van der Waals surface area contributed by atoms with Crippen LogP contribution >= 0.6 is 0 Å². The quantitative estimate of drug-likeness (QED) is 0.298. The van der Waals surface area contributed by atoms with Crippen molar-refractivity contribution in [2.45, 2.75) is 26.7 Å². The molecule has 0 aliphatic rings. The van der Waals surface area contributed by atoms with Crippen molar-refractivity contribution in [3.05, 3.63) is 54.1 Å². The first-order chi connectivity index (χ1) is 14.6. The maximum absolute atomic E-state index is 11.1. The number of benzene rings is 2. The monoisotopic (exact) mass is 412 g/mol. The summed E-state index contributed by atoms with van der Waals surface area (Å²) >= 11 is 0. The number of hydrogen-bond acceptors (Lipinski definition) is 4. The van der Waals surface area contributed by atoms with E-state index in [4.69, 9.17) is 9.47 Å². The van der Waals surface area contributed by atoms with Crippen molar-refractivity contribution in [3.8, 4) is 5.75 Å². The van der Waals surface area contributed by atoms with E-state index in [1.54, 1.807) is 7.11 Å². The molecule has 0 saturated carbocycles. The van der Waals surface area contributed by atoms with Crippen molar-refractivity contribution in [3.63, 3.8) is 0 Å². The number of nitrogens with zero attached hydrogens (tertiary/aromatic N) is 1. The Morgan fingerprint density at radius 2 is 1.83 bits per heavy atom. The van der Waals surface area contributed by atoms with Crippen LogP contribution in [0.3, 0.4) is 0 Å².